The molecule has 3 aromatic rings. The number of rotatable bonds is 3. The van der Waals surface area contributed by atoms with E-state index < -0.39 is 11.7 Å². The molecular weight excluding hydrogens is 369 g/mol. The molecule has 3 aromatic heterocycles. The maximum Gasteiger partial charge on any atom is 0.417 e. The van der Waals surface area contributed by atoms with Crippen LogP contribution in [0.2, 0.25) is 0 Å². The summed E-state index contributed by atoms with van der Waals surface area (Å²) in [5.74, 6) is 1.44. The SMILES string of the molecule is N#Cc1ccn2c([C@H]3CCC[C@@H](Nc4ccc(C(F)(F)F)cn4)C3)nnc2c1. The highest BCUT2D eigenvalue weighted by Crippen LogP contribution is 2.34. The van der Waals surface area contributed by atoms with Crippen LogP contribution in [0.3, 0.4) is 0 Å². The summed E-state index contributed by atoms with van der Waals surface area (Å²) in [7, 11) is 0. The molecule has 0 bridgehead atoms. The molecule has 1 fully saturated rings. The lowest BCUT2D eigenvalue weighted by molar-refractivity contribution is -0.137. The van der Waals surface area contributed by atoms with Crippen molar-refractivity contribution in [2.45, 2.75) is 43.8 Å². The molecule has 28 heavy (non-hydrogen) atoms. The van der Waals surface area contributed by atoms with Gasteiger partial charge in [-0.15, -0.1) is 10.2 Å². The number of halogens is 3. The van der Waals surface area contributed by atoms with Crippen LogP contribution in [0.25, 0.3) is 5.65 Å². The van der Waals surface area contributed by atoms with Crippen LogP contribution < -0.4 is 5.32 Å². The van der Waals surface area contributed by atoms with Crippen molar-refractivity contribution in [3.8, 4) is 6.07 Å². The molecule has 6 nitrogen and oxygen atoms in total. The summed E-state index contributed by atoms with van der Waals surface area (Å²) in [6.07, 6.45) is 1.88. The molecule has 1 saturated carbocycles. The number of fused-ring (bicyclic) bond motifs is 1. The number of nitrogens with one attached hydrogen (secondary N) is 1. The fraction of sp³-hybridized carbons (Fsp3) is 0.368. The number of hydrogen-bond acceptors (Lipinski definition) is 5. The zero-order valence-electron chi connectivity index (χ0n) is 14.8. The summed E-state index contributed by atoms with van der Waals surface area (Å²) < 4.78 is 39.9. The molecule has 0 aliphatic heterocycles. The second-order valence-electron chi connectivity index (χ2n) is 6.95. The Kier molecular flexibility index (Phi) is 4.63. The summed E-state index contributed by atoms with van der Waals surface area (Å²) >= 11 is 0. The third-order valence-corrected chi connectivity index (χ3v) is 5.05. The largest absolute Gasteiger partial charge is 0.417 e. The first-order valence-electron chi connectivity index (χ1n) is 8.98. The van der Waals surface area contributed by atoms with Crippen molar-refractivity contribution in [2.75, 3.05) is 5.32 Å². The van der Waals surface area contributed by atoms with E-state index in [1.54, 1.807) is 18.3 Å². The number of pyridine rings is 2. The van der Waals surface area contributed by atoms with E-state index in [9.17, 15) is 13.2 Å². The minimum atomic E-state index is -4.39. The summed E-state index contributed by atoms with van der Waals surface area (Å²) in [6.45, 7) is 0. The van der Waals surface area contributed by atoms with E-state index in [0.717, 1.165) is 43.8 Å². The second-order valence-corrected chi connectivity index (χ2v) is 6.95. The average molecular weight is 386 g/mol. The van der Waals surface area contributed by atoms with Gasteiger partial charge in [-0.3, -0.25) is 4.40 Å². The van der Waals surface area contributed by atoms with Crippen LogP contribution in [0, 0.1) is 11.3 Å². The number of nitrogens with zero attached hydrogens (tertiary/aromatic N) is 5. The van der Waals surface area contributed by atoms with Gasteiger partial charge in [0.2, 0.25) is 0 Å². The fourth-order valence-electron chi connectivity index (χ4n) is 3.67. The van der Waals surface area contributed by atoms with E-state index >= 15 is 0 Å². The first kappa shape index (κ1) is 18.2. The lowest BCUT2D eigenvalue weighted by atomic mass is 9.85. The maximum absolute atomic E-state index is 12.7. The third-order valence-electron chi connectivity index (χ3n) is 5.05. The van der Waals surface area contributed by atoms with E-state index in [1.807, 2.05) is 4.40 Å². The zero-order chi connectivity index (χ0) is 19.7. The van der Waals surface area contributed by atoms with Crippen molar-refractivity contribution >= 4 is 11.5 Å². The smallest absolute Gasteiger partial charge is 0.367 e. The number of aromatic nitrogens is 4. The van der Waals surface area contributed by atoms with E-state index in [-0.39, 0.29) is 12.0 Å². The van der Waals surface area contributed by atoms with Gasteiger partial charge in [-0.05, 0) is 37.5 Å². The Morgan fingerprint density at radius 3 is 2.75 bits per heavy atom. The molecule has 1 N–H and O–H groups in total. The third kappa shape index (κ3) is 3.63. The number of anilines is 1. The molecule has 144 valence electrons. The van der Waals surface area contributed by atoms with Crippen molar-refractivity contribution in [1.82, 2.24) is 19.6 Å². The van der Waals surface area contributed by atoms with Gasteiger partial charge in [-0.2, -0.15) is 18.4 Å². The van der Waals surface area contributed by atoms with Crippen LogP contribution in [0.1, 0.15) is 48.6 Å². The zero-order valence-corrected chi connectivity index (χ0v) is 14.8. The molecule has 9 heteroatoms. The highest BCUT2D eigenvalue weighted by atomic mass is 19.4. The normalized spacial score (nSPS) is 20.1. The van der Waals surface area contributed by atoms with E-state index in [2.05, 4.69) is 26.6 Å². The minimum absolute atomic E-state index is 0.0914. The Morgan fingerprint density at radius 1 is 1.18 bits per heavy atom. The first-order valence-corrected chi connectivity index (χ1v) is 8.98. The molecule has 0 unspecified atom stereocenters. The minimum Gasteiger partial charge on any atom is -0.367 e. The monoisotopic (exact) mass is 386 g/mol. The van der Waals surface area contributed by atoms with E-state index in [4.69, 9.17) is 5.26 Å². The maximum atomic E-state index is 12.7. The summed E-state index contributed by atoms with van der Waals surface area (Å²) in [6, 6.07) is 8.00. The van der Waals surface area contributed by atoms with Crippen LogP contribution in [-0.2, 0) is 6.18 Å². The molecule has 3 heterocycles. The van der Waals surface area contributed by atoms with Gasteiger partial charge >= 0.3 is 6.18 Å². The van der Waals surface area contributed by atoms with Gasteiger partial charge in [0.25, 0.3) is 0 Å². The van der Waals surface area contributed by atoms with Gasteiger partial charge in [0.1, 0.15) is 11.6 Å². The predicted molar refractivity (Wildman–Crippen MR) is 95.6 cm³/mol. The van der Waals surface area contributed by atoms with Crippen molar-refractivity contribution in [2.24, 2.45) is 0 Å². The van der Waals surface area contributed by atoms with Crippen LogP contribution in [-0.4, -0.2) is 25.6 Å². The van der Waals surface area contributed by atoms with Crippen LogP contribution in [0.15, 0.2) is 36.7 Å². The van der Waals surface area contributed by atoms with Crippen molar-refractivity contribution in [3.05, 3.63) is 53.6 Å². The van der Waals surface area contributed by atoms with Gasteiger partial charge < -0.3 is 5.32 Å². The fourth-order valence-corrected chi connectivity index (χ4v) is 3.67. The van der Waals surface area contributed by atoms with Gasteiger partial charge in [0, 0.05) is 30.4 Å². The molecule has 2 atom stereocenters. The van der Waals surface area contributed by atoms with Gasteiger partial charge in [-0.1, -0.05) is 6.42 Å². The second kappa shape index (κ2) is 7.11. The molecule has 0 saturated heterocycles. The Morgan fingerprint density at radius 2 is 2.04 bits per heavy atom. The Labute approximate surface area is 159 Å². The van der Waals surface area contributed by atoms with Gasteiger partial charge in [0.15, 0.2) is 5.65 Å². The number of hydrogen-bond donors (Lipinski definition) is 1. The van der Waals surface area contributed by atoms with Crippen LogP contribution >= 0.6 is 0 Å². The highest BCUT2D eigenvalue weighted by Gasteiger charge is 2.31. The molecule has 0 spiro atoms. The lowest BCUT2D eigenvalue weighted by Gasteiger charge is -2.29. The molecule has 1 aliphatic carbocycles. The van der Waals surface area contributed by atoms with E-state index in [0.29, 0.717) is 17.0 Å². The lowest BCUT2D eigenvalue weighted by Crippen LogP contribution is -2.27. The van der Waals surface area contributed by atoms with Gasteiger partial charge in [0.05, 0.1) is 17.2 Å². The average Bonchev–Trinajstić information content (AvgIpc) is 3.11. The van der Waals surface area contributed by atoms with Crippen LogP contribution in [0.5, 0.6) is 0 Å². The molecule has 0 aromatic carbocycles. The summed E-state index contributed by atoms with van der Waals surface area (Å²) in [5.41, 5.74) is 0.405. The first-order chi connectivity index (χ1) is 13.4. The standard InChI is InChI=1S/C19H17F3N6/c20-19(21,22)14-4-5-16(24-11-14)25-15-3-1-2-13(9-15)18-27-26-17-8-12(10-23)6-7-28(17)18/h4-8,11,13,15H,1-3,9H2,(H,24,25)/t13-,15+/m0/s1. The quantitative estimate of drug-likeness (QED) is 0.731. The molecule has 0 amide bonds. The molecule has 0 radical (unpaired) electrons. The summed E-state index contributed by atoms with van der Waals surface area (Å²) in [4.78, 5) is 3.90. The summed E-state index contributed by atoms with van der Waals surface area (Å²) in [5, 5.41) is 20.7. The van der Waals surface area contributed by atoms with Crippen molar-refractivity contribution < 1.29 is 13.2 Å². The topological polar surface area (TPSA) is 78.9 Å². The Bertz CT molecular complexity index is 1020. The van der Waals surface area contributed by atoms with Crippen molar-refractivity contribution in [3.63, 3.8) is 0 Å². The molecule has 1 aliphatic rings. The Hall–Kier alpha value is -3.15. The van der Waals surface area contributed by atoms with Crippen molar-refractivity contribution in [1.29, 1.82) is 5.26 Å². The molecular formula is C19H17F3N6. The van der Waals surface area contributed by atoms with Gasteiger partial charge in [-0.25, -0.2) is 4.98 Å². The number of nitriles is 1. The van der Waals surface area contributed by atoms with E-state index in [1.165, 1.54) is 6.07 Å². The highest BCUT2D eigenvalue weighted by molar-refractivity contribution is 5.46. The Balaban J connectivity index is 1.48. The predicted octanol–water partition coefficient (Wildman–Crippen LogP) is 4.15. The number of alkyl halides is 3. The molecule has 4 rings (SSSR count). The van der Waals surface area contributed by atoms with Crippen LogP contribution in [0.4, 0.5) is 19.0 Å².